The van der Waals surface area contributed by atoms with E-state index in [9.17, 15) is 14.4 Å². The highest BCUT2D eigenvalue weighted by atomic mass is 16.2. The van der Waals surface area contributed by atoms with Crippen LogP contribution in [0, 0.1) is 5.92 Å². The van der Waals surface area contributed by atoms with Crippen LogP contribution >= 0.6 is 0 Å². The Hall–Kier alpha value is -1.43. The molecular formula is C11H19N3O3. The monoisotopic (exact) mass is 241 g/mol. The highest BCUT2D eigenvalue weighted by molar-refractivity contribution is 6.01. The number of piperidine rings is 1. The lowest BCUT2D eigenvalue weighted by atomic mass is 10.0. The summed E-state index contributed by atoms with van der Waals surface area (Å²) in [5.74, 6) is -0.923. The zero-order chi connectivity index (χ0) is 13.2. The van der Waals surface area contributed by atoms with Crippen molar-refractivity contribution in [2.75, 3.05) is 7.05 Å². The minimum Gasteiger partial charge on any atom is -0.343 e. The van der Waals surface area contributed by atoms with Crippen molar-refractivity contribution in [3.05, 3.63) is 0 Å². The van der Waals surface area contributed by atoms with Crippen LogP contribution in [0.4, 0.5) is 0 Å². The van der Waals surface area contributed by atoms with Gasteiger partial charge >= 0.3 is 0 Å². The normalized spacial score (nSPS) is 22.9. The summed E-state index contributed by atoms with van der Waals surface area (Å²) in [5, 5.41) is 2.59. The maximum Gasteiger partial charge on any atom is 0.251 e. The lowest BCUT2D eigenvalue weighted by molar-refractivity contribution is -0.149. The van der Waals surface area contributed by atoms with Gasteiger partial charge in [-0.1, -0.05) is 13.8 Å². The zero-order valence-corrected chi connectivity index (χ0v) is 10.4. The third-order valence-electron chi connectivity index (χ3n) is 2.99. The Labute approximate surface area is 101 Å². The minimum atomic E-state index is -0.634. The van der Waals surface area contributed by atoms with Crippen molar-refractivity contribution in [1.29, 1.82) is 0 Å². The van der Waals surface area contributed by atoms with Gasteiger partial charge in [0, 0.05) is 13.5 Å². The fourth-order valence-electron chi connectivity index (χ4n) is 1.62. The second-order valence-electron chi connectivity index (χ2n) is 4.66. The van der Waals surface area contributed by atoms with Gasteiger partial charge in [0.2, 0.25) is 11.8 Å². The van der Waals surface area contributed by atoms with E-state index in [0.717, 1.165) is 4.90 Å². The maximum absolute atomic E-state index is 11.7. The fraction of sp³-hybridized carbons (Fsp3) is 0.727. The molecule has 2 atom stereocenters. The van der Waals surface area contributed by atoms with E-state index in [-0.39, 0.29) is 30.1 Å². The number of nitrogens with two attached hydrogens (primary N) is 1. The van der Waals surface area contributed by atoms with Crippen LogP contribution in [0.25, 0.3) is 0 Å². The van der Waals surface area contributed by atoms with Gasteiger partial charge in [-0.15, -0.1) is 0 Å². The molecule has 6 nitrogen and oxygen atoms in total. The number of carbonyl (C=O) groups excluding carboxylic acids is 3. The van der Waals surface area contributed by atoms with Crippen molar-refractivity contribution in [3.63, 3.8) is 0 Å². The number of rotatable bonds is 3. The second-order valence-corrected chi connectivity index (χ2v) is 4.66. The van der Waals surface area contributed by atoms with Gasteiger partial charge in [0.25, 0.3) is 5.91 Å². The van der Waals surface area contributed by atoms with Crippen molar-refractivity contribution in [1.82, 2.24) is 10.2 Å². The van der Waals surface area contributed by atoms with Crippen molar-refractivity contribution < 1.29 is 14.4 Å². The number of nitrogens with one attached hydrogen (secondary N) is 1. The summed E-state index contributed by atoms with van der Waals surface area (Å²) in [4.78, 5) is 35.7. The lowest BCUT2D eigenvalue weighted by Crippen LogP contribution is -2.56. The minimum absolute atomic E-state index is 0.00746. The van der Waals surface area contributed by atoms with Crippen LogP contribution in [-0.2, 0) is 14.4 Å². The Morgan fingerprint density at radius 2 is 2.06 bits per heavy atom. The first kappa shape index (κ1) is 13.6. The van der Waals surface area contributed by atoms with Crippen molar-refractivity contribution in [3.8, 4) is 0 Å². The highest BCUT2D eigenvalue weighted by Gasteiger charge is 2.33. The Morgan fingerprint density at radius 3 is 2.59 bits per heavy atom. The van der Waals surface area contributed by atoms with Gasteiger partial charge in [-0.05, 0) is 12.3 Å². The van der Waals surface area contributed by atoms with E-state index in [1.54, 1.807) is 0 Å². The molecule has 1 heterocycles. The summed E-state index contributed by atoms with van der Waals surface area (Å²) in [6.07, 6.45) is 0.614. The Bertz CT molecular complexity index is 341. The van der Waals surface area contributed by atoms with Gasteiger partial charge in [0.05, 0.1) is 6.04 Å². The molecule has 1 aliphatic rings. The van der Waals surface area contributed by atoms with Gasteiger partial charge in [-0.2, -0.15) is 0 Å². The molecule has 3 amide bonds. The molecule has 0 aromatic heterocycles. The van der Waals surface area contributed by atoms with Gasteiger partial charge < -0.3 is 11.1 Å². The van der Waals surface area contributed by atoms with E-state index >= 15 is 0 Å². The van der Waals surface area contributed by atoms with Gasteiger partial charge in [-0.25, -0.2) is 0 Å². The highest BCUT2D eigenvalue weighted by Crippen LogP contribution is 2.12. The van der Waals surface area contributed by atoms with E-state index < -0.39 is 12.1 Å². The van der Waals surface area contributed by atoms with Crippen LogP contribution in [0.3, 0.4) is 0 Å². The molecule has 0 aromatic rings. The quantitative estimate of drug-likeness (QED) is 0.635. The summed E-state index contributed by atoms with van der Waals surface area (Å²) in [6, 6.07) is -1.26. The van der Waals surface area contributed by atoms with Gasteiger partial charge in [0.1, 0.15) is 6.04 Å². The van der Waals surface area contributed by atoms with E-state index in [2.05, 4.69) is 5.32 Å². The molecule has 0 bridgehead atoms. The van der Waals surface area contributed by atoms with E-state index in [1.807, 2.05) is 13.8 Å². The molecule has 17 heavy (non-hydrogen) atoms. The summed E-state index contributed by atoms with van der Waals surface area (Å²) in [6.45, 7) is 3.67. The van der Waals surface area contributed by atoms with Crippen molar-refractivity contribution >= 4 is 17.7 Å². The topological polar surface area (TPSA) is 92.5 Å². The SMILES string of the molecule is CC(C)[C@@H](N)C(=O)NC1CCC(=O)N(C)C1=O. The van der Waals surface area contributed by atoms with Crippen molar-refractivity contribution in [2.24, 2.45) is 11.7 Å². The van der Waals surface area contributed by atoms with Crippen LogP contribution in [-0.4, -0.2) is 41.8 Å². The van der Waals surface area contributed by atoms with Gasteiger partial charge in [0.15, 0.2) is 0 Å². The van der Waals surface area contributed by atoms with Crippen LogP contribution in [0.1, 0.15) is 26.7 Å². The number of likely N-dealkylation sites (tertiary alicyclic amines) is 1. The predicted octanol–water partition coefficient (Wildman–Crippen LogP) is -0.767. The summed E-state index contributed by atoms with van der Waals surface area (Å²) < 4.78 is 0. The molecular weight excluding hydrogens is 222 g/mol. The summed E-state index contributed by atoms with van der Waals surface area (Å²) >= 11 is 0. The molecule has 0 spiro atoms. The zero-order valence-electron chi connectivity index (χ0n) is 10.4. The first-order valence-electron chi connectivity index (χ1n) is 5.71. The number of likely N-dealkylation sites (N-methyl/N-ethyl adjacent to an activating group) is 1. The number of hydrogen-bond donors (Lipinski definition) is 2. The number of hydrogen-bond acceptors (Lipinski definition) is 4. The molecule has 0 radical (unpaired) electrons. The summed E-state index contributed by atoms with van der Waals surface area (Å²) in [5.41, 5.74) is 5.68. The fourth-order valence-corrected chi connectivity index (χ4v) is 1.62. The Kier molecular flexibility index (Phi) is 4.22. The number of carbonyl (C=O) groups is 3. The molecule has 1 rings (SSSR count). The van der Waals surface area contributed by atoms with E-state index in [1.165, 1.54) is 7.05 Å². The lowest BCUT2D eigenvalue weighted by Gasteiger charge is -2.29. The largest absolute Gasteiger partial charge is 0.343 e. The molecule has 0 aromatic carbocycles. The molecule has 1 aliphatic heterocycles. The smallest absolute Gasteiger partial charge is 0.251 e. The van der Waals surface area contributed by atoms with Crippen LogP contribution in [0.5, 0.6) is 0 Å². The molecule has 3 N–H and O–H groups in total. The van der Waals surface area contributed by atoms with Crippen molar-refractivity contribution in [2.45, 2.75) is 38.8 Å². The third kappa shape index (κ3) is 3.03. The van der Waals surface area contributed by atoms with Crippen LogP contribution < -0.4 is 11.1 Å². The van der Waals surface area contributed by atoms with Crippen LogP contribution in [0.2, 0.25) is 0 Å². The number of nitrogens with zero attached hydrogens (tertiary/aromatic N) is 1. The average molecular weight is 241 g/mol. The predicted molar refractivity (Wildman–Crippen MR) is 61.8 cm³/mol. The average Bonchev–Trinajstić information content (AvgIpc) is 2.28. The molecule has 1 saturated heterocycles. The molecule has 1 fully saturated rings. The van der Waals surface area contributed by atoms with E-state index in [4.69, 9.17) is 5.73 Å². The first-order chi connectivity index (χ1) is 7.84. The molecule has 0 aliphatic carbocycles. The maximum atomic E-state index is 11.7. The van der Waals surface area contributed by atoms with Gasteiger partial charge in [-0.3, -0.25) is 19.3 Å². The number of imide groups is 1. The molecule has 6 heteroatoms. The third-order valence-corrected chi connectivity index (χ3v) is 2.99. The standard InChI is InChI=1S/C11H19N3O3/c1-6(2)9(12)10(16)13-7-4-5-8(15)14(3)11(7)17/h6-7,9H,4-5,12H2,1-3H3,(H,13,16)/t7?,9-/m1/s1. The van der Waals surface area contributed by atoms with E-state index in [0.29, 0.717) is 6.42 Å². The second kappa shape index (κ2) is 5.27. The molecule has 1 unspecified atom stereocenters. The summed E-state index contributed by atoms with van der Waals surface area (Å²) in [7, 11) is 1.42. The molecule has 96 valence electrons. The Morgan fingerprint density at radius 1 is 1.47 bits per heavy atom. The molecule has 0 saturated carbocycles. The Balaban J connectivity index is 2.61. The van der Waals surface area contributed by atoms with Crippen LogP contribution in [0.15, 0.2) is 0 Å². The first-order valence-corrected chi connectivity index (χ1v) is 5.71. The number of amides is 3.